The SMILES string of the molecule is N#Cc1cncc(C2=CCCC3CCNCC23)c1. The normalized spacial score (nSPS) is 26.9. The summed E-state index contributed by atoms with van der Waals surface area (Å²) in [5.41, 5.74) is 3.18. The van der Waals surface area contributed by atoms with Crippen LogP contribution in [0.2, 0.25) is 0 Å². The van der Waals surface area contributed by atoms with Crippen LogP contribution in [0.15, 0.2) is 24.5 Å². The molecule has 1 aliphatic heterocycles. The Bertz CT molecular complexity index is 513. The van der Waals surface area contributed by atoms with Crippen molar-refractivity contribution in [1.29, 1.82) is 5.26 Å². The summed E-state index contributed by atoms with van der Waals surface area (Å²) in [6.07, 6.45) is 9.60. The van der Waals surface area contributed by atoms with Crippen molar-refractivity contribution >= 4 is 5.57 Å². The fourth-order valence-electron chi connectivity index (χ4n) is 3.22. The summed E-state index contributed by atoms with van der Waals surface area (Å²) in [4.78, 5) is 4.18. The van der Waals surface area contributed by atoms with Gasteiger partial charge in [-0.3, -0.25) is 4.98 Å². The Morgan fingerprint density at radius 2 is 2.28 bits per heavy atom. The second-order valence-corrected chi connectivity index (χ2v) is 5.17. The number of aromatic nitrogens is 1. The quantitative estimate of drug-likeness (QED) is 0.818. The molecule has 18 heavy (non-hydrogen) atoms. The largest absolute Gasteiger partial charge is 0.316 e. The summed E-state index contributed by atoms with van der Waals surface area (Å²) in [6.45, 7) is 2.21. The molecule has 3 rings (SSSR count). The number of nitrogens with zero attached hydrogens (tertiary/aromatic N) is 2. The van der Waals surface area contributed by atoms with Crippen LogP contribution in [0, 0.1) is 23.2 Å². The molecule has 0 spiro atoms. The number of hydrogen-bond acceptors (Lipinski definition) is 3. The van der Waals surface area contributed by atoms with Gasteiger partial charge in [-0.1, -0.05) is 6.08 Å². The lowest BCUT2D eigenvalue weighted by atomic mass is 9.73. The molecule has 2 heterocycles. The number of allylic oxidation sites excluding steroid dienone is 1. The minimum Gasteiger partial charge on any atom is -0.316 e. The second-order valence-electron chi connectivity index (χ2n) is 5.17. The van der Waals surface area contributed by atoms with Gasteiger partial charge in [0.05, 0.1) is 5.56 Å². The van der Waals surface area contributed by atoms with Gasteiger partial charge >= 0.3 is 0 Å². The van der Waals surface area contributed by atoms with Crippen LogP contribution in [0.3, 0.4) is 0 Å². The van der Waals surface area contributed by atoms with E-state index in [9.17, 15) is 0 Å². The third-order valence-electron chi connectivity index (χ3n) is 4.13. The molecule has 0 aromatic carbocycles. The lowest BCUT2D eigenvalue weighted by Gasteiger charge is -2.37. The second kappa shape index (κ2) is 4.91. The Kier molecular flexibility index (Phi) is 3.12. The highest BCUT2D eigenvalue weighted by Gasteiger charge is 2.30. The van der Waals surface area contributed by atoms with E-state index >= 15 is 0 Å². The summed E-state index contributed by atoms with van der Waals surface area (Å²) >= 11 is 0. The van der Waals surface area contributed by atoms with E-state index in [0.29, 0.717) is 11.5 Å². The van der Waals surface area contributed by atoms with Gasteiger partial charge < -0.3 is 5.32 Å². The standard InChI is InChI=1S/C15H17N3/c16-7-11-6-13(9-18-8-11)14-3-1-2-12-4-5-17-10-15(12)14/h3,6,8-9,12,15,17H,1-2,4-5,10H2. The third-order valence-corrected chi connectivity index (χ3v) is 4.13. The molecular weight excluding hydrogens is 222 g/mol. The first-order valence-electron chi connectivity index (χ1n) is 6.65. The maximum absolute atomic E-state index is 8.97. The van der Waals surface area contributed by atoms with Crippen molar-refractivity contribution in [2.45, 2.75) is 19.3 Å². The number of piperidine rings is 1. The van der Waals surface area contributed by atoms with Gasteiger partial charge in [0.25, 0.3) is 0 Å². The number of nitriles is 1. The highest BCUT2D eigenvalue weighted by atomic mass is 14.9. The summed E-state index contributed by atoms with van der Waals surface area (Å²) < 4.78 is 0. The van der Waals surface area contributed by atoms with Crippen LogP contribution in [0.4, 0.5) is 0 Å². The molecule has 3 nitrogen and oxygen atoms in total. The van der Waals surface area contributed by atoms with Gasteiger partial charge in [-0.2, -0.15) is 5.26 Å². The molecule has 1 saturated heterocycles. The minimum absolute atomic E-state index is 0.600. The molecule has 92 valence electrons. The average molecular weight is 239 g/mol. The Hall–Kier alpha value is -1.66. The number of pyridine rings is 1. The molecule has 3 heteroatoms. The van der Waals surface area contributed by atoms with Gasteiger partial charge in [-0.25, -0.2) is 0 Å². The van der Waals surface area contributed by atoms with E-state index in [0.717, 1.165) is 31.0 Å². The molecule has 1 N–H and O–H groups in total. The van der Waals surface area contributed by atoms with Crippen molar-refractivity contribution in [1.82, 2.24) is 10.3 Å². The summed E-state index contributed by atoms with van der Waals surface area (Å²) in [5, 5.41) is 12.5. The van der Waals surface area contributed by atoms with E-state index in [4.69, 9.17) is 5.26 Å². The summed E-state index contributed by atoms with van der Waals surface area (Å²) in [7, 11) is 0. The van der Waals surface area contributed by atoms with Gasteiger partial charge in [0.15, 0.2) is 0 Å². The van der Waals surface area contributed by atoms with Crippen molar-refractivity contribution in [2.75, 3.05) is 13.1 Å². The number of fused-ring (bicyclic) bond motifs is 1. The smallest absolute Gasteiger partial charge is 0.101 e. The molecule has 2 aliphatic rings. The van der Waals surface area contributed by atoms with Gasteiger partial charge in [0.2, 0.25) is 0 Å². The van der Waals surface area contributed by atoms with Crippen LogP contribution in [-0.2, 0) is 0 Å². The Labute approximate surface area is 108 Å². The first kappa shape index (κ1) is 11.4. The highest BCUT2D eigenvalue weighted by molar-refractivity contribution is 5.69. The average Bonchev–Trinajstić information content (AvgIpc) is 2.47. The third kappa shape index (κ3) is 2.04. The van der Waals surface area contributed by atoms with Crippen molar-refractivity contribution < 1.29 is 0 Å². The van der Waals surface area contributed by atoms with Gasteiger partial charge in [-0.05, 0) is 54.8 Å². The molecule has 1 fully saturated rings. The van der Waals surface area contributed by atoms with E-state index in [1.807, 2.05) is 12.3 Å². The Morgan fingerprint density at radius 1 is 1.33 bits per heavy atom. The lowest BCUT2D eigenvalue weighted by Crippen LogP contribution is -2.38. The number of hydrogen-bond donors (Lipinski definition) is 1. The topological polar surface area (TPSA) is 48.7 Å². The van der Waals surface area contributed by atoms with Crippen LogP contribution in [0.1, 0.15) is 30.4 Å². The summed E-state index contributed by atoms with van der Waals surface area (Å²) in [5.74, 6) is 1.40. The molecule has 0 radical (unpaired) electrons. The van der Waals surface area contributed by atoms with Crippen LogP contribution in [-0.4, -0.2) is 18.1 Å². The molecule has 1 aromatic heterocycles. The van der Waals surface area contributed by atoms with Crippen LogP contribution in [0.25, 0.3) is 5.57 Å². The summed E-state index contributed by atoms with van der Waals surface area (Å²) in [6, 6.07) is 4.14. The minimum atomic E-state index is 0.600. The van der Waals surface area contributed by atoms with Crippen LogP contribution in [0.5, 0.6) is 0 Å². The van der Waals surface area contributed by atoms with Crippen molar-refractivity contribution in [3.05, 3.63) is 35.7 Å². The molecule has 1 aromatic rings. The van der Waals surface area contributed by atoms with Crippen molar-refractivity contribution in [3.63, 3.8) is 0 Å². The molecule has 2 atom stereocenters. The first-order valence-corrected chi connectivity index (χ1v) is 6.65. The maximum atomic E-state index is 8.97. The lowest BCUT2D eigenvalue weighted by molar-refractivity contribution is 0.285. The van der Waals surface area contributed by atoms with E-state index in [1.54, 1.807) is 6.20 Å². The van der Waals surface area contributed by atoms with Crippen LogP contribution < -0.4 is 5.32 Å². The van der Waals surface area contributed by atoms with E-state index in [-0.39, 0.29) is 0 Å². The van der Waals surface area contributed by atoms with Crippen molar-refractivity contribution in [2.24, 2.45) is 11.8 Å². The molecule has 0 saturated carbocycles. The maximum Gasteiger partial charge on any atom is 0.101 e. The van der Waals surface area contributed by atoms with E-state index in [2.05, 4.69) is 22.4 Å². The van der Waals surface area contributed by atoms with Crippen molar-refractivity contribution in [3.8, 4) is 6.07 Å². The van der Waals surface area contributed by atoms with Gasteiger partial charge in [0, 0.05) is 18.9 Å². The Balaban J connectivity index is 1.94. The predicted molar refractivity (Wildman–Crippen MR) is 70.6 cm³/mol. The monoisotopic (exact) mass is 239 g/mol. The van der Waals surface area contributed by atoms with Crippen LogP contribution >= 0.6 is 0 Å². The van der Waals surface area contributed by atoms with Gasteiger partial charge in [0.1, 0.15) is 6.07 Å². The zero-order valence-corrected chi connectivity index (χ0v) is 10.4. The first-order chi connectivity index (χ1) is 8.88. The molecular formula is C15H17N3. The zero-order valence-electron chi connectivity index (χ0n) is 10.4. The number of nitrogens with one attached hydrogen (secondary N) is 1. The van der Waals surface area contributed by atoms with Gasteiger partial charge in [-0.15, -0.1) is 0 Å². The fraction of sp³-hybridized carbons (Fsp3) is 0.467. The zero-order chi connectivity index (χ0) is 12.4. The molecule has 0 amide bonds. The highest BCUT2D eigenvalue weighted by Crippen LogP contribution is 2.39. The van der Waals surface area contributed by atoms with E-state index < -0.39 is 0 Å². The fourth-order valence-corrected chi connectivity index (χ4v) is 3.22. The molecule has 0 bridgehead atoms. The number of rotatable bonds is 1. The van der Waals surface area contributed by atoms with E-state index in [1.165, 1.54) is 18.4 Å². The molecule has 1 aliphatic carbocycles. The Morgan fingerprint density at radius 3 is 3.17 bits per heavy atom. The molecule has 2 unspecified atom stereocenters. The predicted octanol–water partition coefficient (Wildman–Crippen LogP) is 2.36.